The van der Waals surface area contributed by atoms with Crippen LogP contribution in [0.1, 0.15) is 45.6 Å². The lowest BCUT2D eigenvalue weighted by Crippen LogP contribution is -2.34. The Labute approximate surface area is 122 Å². The van der Waals surface area contributed by atoms with Gasteiger partial charge in [-0.3, -0.25) is 0 Å². The summed E-state index contributed by atoms with van der Waals surface area (Å²) in [5.74, 6) is 0.438. The summed E-state index contributed by atoms with van der Waals surface area (Å²) in [6.07, 6.45) is 0.342. The topological polar surface area (TPSA) is 66.4 Å². The molecule has 2 unspecified atom stereocenters. The summed E-state index contributed by atoms with van der Waals surface area (Å²) < 4.78 is 26.6. The molecule has 2 atom stereocenters. The van der Waals surface area contributed by atoms with E-state index in [2.05, 4.69) is 18.6 Å². The minimum absolute atomic E-state index is 0.0190. The largest absolute Gasteiger partial charge is 0.391 e. The maximum atomic E-state index is 12.1. The molecule has 0 saturated carbocycles. The van der Waals surface area contributed by atoms with Crippen LogP contribution >= 0.6 is 0 Å². The highest BCUT2D eigenvalue weighted by atomic mass is 32.2. The number of nitrogens with one attached hydrogen (secondary N) is 1. The molecule has 1 aromatic carbocycles. The van der Waals surface area contributed by atoms with Gasteiger partial charge in [-0.05, 0) is 36.0 Å². The third-order valence-corrected chi connectivity index (χ3v) is 5.06. The maximum absolute atomic E-state index is 12.1. The average molecular weight is 299 g/mol. The standard InChI is InChI=1S/C15H25NO3S/c1-5-12(4)13-6-8-14(9-7-13)20(18,19)16-10-15(17)11(2)3/h6-9,11-12,15-17H,5,10H2,1-4H3. The monoisotopic (exact) mass is 299 g/mol. The lowest BCUT2D eigenvalue weighted by molar-refractivity contribution is 0.129. The quantitative estimate of drug-likeness (QED) is 0.813. The van der Waals surface area contributed by atoms with Crippen LogP contribution in [0, 0.1) is 5.92 Å². The van der Waals surface area contributed by atoms with Crippen LogP contribution in [0.15, 0.2) is 29.2 Å². The highest BCUT2D eigenvalue weighted by Gasteiger charge is 2.17. The third kappa shape index (κ3) is 4.58. The van der Waals surface area contributed by atoms with Crippen LogP contribution in [0.25, 0.3) is 0 Å². The summed E-state index contributed by atoms with van der Waals surface area (Å²) in [5.41, 5.74) is 1.13. The van der Waals surface area contributed by atoms with Crippen LogP contribution < -0.4 is 4.72 Å². The predicted molar refractivity (Wildman–Crippen MR) is 81.2 cm³/mol. The second kappa shape index (κ2) is 7.20. The molecule has 0 saturated heterocycles. The van der Waals surface area contributed by atoms with Crippen molar-refractivity contribution in [3.05, 3.63) is 29.8 Å². The number of hydrogen-bond donors (Lipinski definition) is 2. The van der Waals surface area contributed by atoms with Gasteiger partial charge in [-0.25, -0.2) is 13.1 Å². The number of aliphatic hydroxyl groups excluding tert-OH is 1. The van der Waals surface area contributed by atoms with Crippen LogP contribution in [-0.4, -0.2) is 26.2 Å². The van der Waals surface area contributed by atoms with Gasteiger partial charge >= 0.3 is 0 Å². The van der Waals surface area contributed by atoms with Gasteiger partial charge in [0.25, 0.3) is 0 Å². The predicted octanol–water partition coefficient (Wildman–Crippen LogP) is 2.50. The van der Waals surface area contributed by atoms with E-state index < -0.39 is 16.1 Å². The molecule has 5 heteroatoms. The molecule has 20 heavy (non-hydrogen) atoms. The molecule has 0 aliphatic rings. The Kier molecular flexibility index (Phi) is 6.17. The van der Waals surface area contributed by atoms with Crippen LogP contribution in [0.2, 0.25) is 0 Å². The highest BCUT2D eigenvalue weighted by molar-refractivity contribution is 7.89. The lowest BCUT2D eigenvalue weighted by atomic mass is 9.99. The molecule has 4 nitrogen and oxygen atoms in total. The second-order valence-electron chi connectivity index (χ2n) is 5.54. The normalized spacial score (nSPS) is 15.3. The zero-order chi connectivity index (χ0) is 15.3. The Morgan fingerprint density at radius 1 is 1.15 bits per heavy atom. The van der Waals surface area contributed by atoms with E-state index in [1.807, 2.05) is 26.0 Å². The zero-order valence-electron chi connectivity index (χ0n) is 12.6. The molecule has 114 valence electrons. The fourth-order valence-corrected chi connectivity index (χ4v) is 2.78. The molecule has 0 fully saturated rings. The molecule has 0 aliphatic heterocycles. The van der Waals surface area contributed by atoms with E-state index in [9.17, 15) is 13.5 Å². The molecule has 0 spiro atoms. The summed E-state index contributed by atoms with van der Waals surface area (Å²) in [6, 6.07) is 6.93. The van der Waals surface area contributed by atoms with Crippen molar-refractivity contribution in [2.24, 2.45) is 5.92 Å². The van der Waals surface area contributed by atoms with Crippen molar-refractivity contribution in [2.45, 2.75) is 51.0 Å². The molecule has 0 aliphatic carbocycles. The van der Waals surface area contributed by atoms with E-state index in [-0.39, 0.29) is 17.4 Å². The first-order valence-corrected chi connectivity index (χ1v) is 8.54. The first-order chi connectivity index (χ1) is 9.27. The summed E-state index contributed by atoms with van der Waals surface area (Å²) in [4.78, 5) is 0.237. The van der Waals surface area contributed by atoms with E-state index in [1.165, 1.54) is 0 Å². The van der Waals surface area contributed by atoms with Gasteiger partial charge in [0.1, 0.15) is 0 Å². The van der Waals surface area contributed by atoms with Crippen molar-refractivity contribution in [3.63, 3.8) is 0 Å². The smallest absolute Gasteiger partial charge is 0.240 e. The molecule has 0 heterocycles. The molecular weight excluding hydrogens is 274 g/mol. The average Bonchev–Trinajstić information content (AvgIpc) is 2.44. The van der Waals surface area contributed by atoms with E-state index in [0.717, 1.165) is 12.0 Å². The van der Waals surface area contributed by atoms with E-state index in [1.54, 1.807) is 12.1 Å². The number of hydrogen-bond acceptors (Lipinski definition) is 3. The fourth-order valence-electron chi connectivity index (χ4n) is 1.73. The summed E-state index contributed by atoms with van der Waals surface area (Å²) in [7, 11) is -3.55. The Balaban J connectivity index is 2.78. The molecule has 0 aromatic heterocycles. The molecule has 0 bridgehead atoms. The van der Waals surface area contributed by atoms with Crippen molar-refractivity contribution >= 4 is 10.0 Å². The van der Waals surface area contributed by atoms with Gasteiger partial charge in [-0.15, -0.1) is 0 Å². The number of rotatable bonds is 7. The van der Waals surface area contributed by atoms with Gasteiger partial charge in [-0.2, -0.15) is 0 Å². The number of aliphatic hydroxyl groups is 1. The molecule has 2 N–H and O–H groups in total. The summed E-state index contributed by atoms with van der Waals surface area (Å²) in [5, 5.41) is 9.66. The molecule has 1 rings (SSSR count). The van der Waals surface area contributed by atoms with Crippen molar-refractivity contribution in [1.82, 2.24) is 4.72 Å². The first kappa shape index (κ1) is 17.1. The van der Waals surface area contributed by atoms with E-state index in [0.29, 0.717) is 5.92 Å². The van der Waals surface area contributed by atoms with Gasteiger partial charge in [0.05, 0.1) is 11.0 Å². The van der Waals surface area contributed by atoms with Crippen molar-refractivity contribution in [1.29, 1.82) is 0 Å². The maximum Gasteiger partial charge on any atom is 0.240 e. The van der Waals surface area contributed by atoms with E-state index >= 15 is 0 Å². The highest BCUT2D eigenvalue weighted by Crippen LogP contribution is 2.20. The Morgan fingerprint density at radius 2 is 1.70 bits per heavy atom. The zero-order valence-corrected chi connectivity index (χ0v) is 13.4. The Bertz CT molecular complexity index is 508. The Hall–Kier alpha value is -0.910. The Morgan fingerprint density at radius 3 is 2.15 bits per heavy atom. The third-order valence-electron chi connectivity index (χ3n) is 3.62. The summed E-state index contributed by atoms with van der Waals surface area (Å²) >= 11 is 0. The van der Waals surface area contributed by atoms with Crippen molar-refractivity contribution in [3.8, 4) is 0 Å². The van der Waals surface area contributed by atoms with Crippen molar-refractivity contribution < 1.29 is 13.5 Å². The number of benzene rings is 1. The minimum Gasteiger partial charge on any atom is -0.391 e. The van der Waals surface area contributed by atoms with Crippen LogP contribution in [-0.2, 0) is 10.0 Å². The summed E-state index contributed by atoms with van der Waals surface area (Å²) in [6.45, 7) is 7.94. The second-order valence-corrected chi connectivity index (χ2v) is 7.31. The van der Waals surface area contributed by atoms with Gasteiger partial charge in [0.15, 0.2) is 0 Å². The first-order valence-electron chi connectivity index (χ1n) is 7.05. The van der Waals surface area contributed by atoms with Gasteiger partial charge in [0, 0.05) is 6.54 Å². The van der Waals surface area contributed by atoms with Gasteiger partial charge in [0.2, 0.25) is 10.0 Å². The fraction of sp³-hybridized carbons (Fsp3) is 0.600. The van der Waals surface area contributed by atoms with Gasteiger partial charge in [-0.1, -0.05) is 39.8 Å². The molecular formula is C15H25NO3S. The van der Waals surface area contributed by atoms with Gasteiger partial charge < -0.3 is 5.11 Å². The van der Waals surface area contributed by atoms with Crippen LogP contribution in [0.3, 0.4) is 0 Å². The SMILES string of the molecule is CCC(C)c1ccc(S(=O)(=O)NCC(O)C(C)C)cc1. The molecule has 1 aromatic rings. The number of sulfonamides is 1. The van der Waals surface area contributed by atoms with Crippen LogP contribution in [0.4, 0.5) is 0 Å². The lowest BCUT2D eigenvalue weighted by Gasteiger charge is -2.15. The minimum atomic E-state index is -3.55. The van der Waals surface area contributed by atoms with Crippen LogP contribution in [0.5, 0.6) is 0 Å². The molecule has 0 radical (unpaired) electrons. The molecule has 0 amide bonds. The van der Waals surface area contributed by atoms with E-state index in [4.69, 9.17) is 0 Å². The van der Waals surface area contributed by atoms with Crippen molar-refractivity contribution in [2.75, 3.05) is 6.54 Å².